The average molecular weight is 457 g/mol. The van der Waals surface area contributed by atoms with Gasteiger partial charge >= 0.3 is 5.97 Å². The molecule has 0 unspecified atom stereocenters. The molecule has 4 aromatic carbocycles. The van der Waals surface area contributed by atoms with Crippen molar-refractivity contribution >= 4 is 16.9 Å². The molecule has 0 aliphatic carbocycles. The van der Waals surface area contributed by atoms with Gasteiger partial charge in [0.2, 0.25) is 0 Å². The van der Waals surface area contributed by atoms with Gasteiger partial charge in [0, 0.05) is 10.9 Å². The normalized spacial score (nSPS) is 10.5. The Labute approximate surface area is 202 Å². The van der Waals surface area contributed by atoms with Gasteiger partial charge in [0.25, 0.3) is 0 Å². The Bertz CT molecular complexity index is 1550. The number of rotatable bonds is 5. The molecule has 0 spiro atoms. The van der Waals surface area contributed by atoms with Crippen molar-refractivity contribution in [1.82, 2.24) is 4.98 Å². The van der Waals surface area contributed by atoms with Gasteiger partial charge in [0.1, 0.15) is 11.5 Å². The number of carbonyl (C=O) groups excluding carboxylic acids is 1. The highest BCUT2D eigenvalue weighted by Gasteiger charge is 2.16. The van der Waals surface area contributed by atoms with Crippen LogP contribution in [0.5, 0.6) is 11.5 Å². The summed E-state index contributed by atoms with van der Waals surface area (Å²) in [6.07, 6.45) is 0. The van der Waals surface area contributed by atoms with Crippen LogP contribution in [0, 0.1) is 11.3 Å². The molecular formula is C30H20N2O3. The number of fused-ring (bicyclic) bond motifs is 1. The van der Waals surface area contributed by atoms with Crippen LogP contribution in [0.2, 0.25) is 0 Å². The van der Waals surface area contributed by atoms with Crippen molar-refractivity contribution in [2.24, 2.45) is 0 Å². The van der Waals surface area contributed by atoms with Gasteiger partial charge in [-0.25, -0.2) is 9.78 Å². The largest absolute Gasteiger partial charge is 0.497 e. The van der Waals surface area contributed by atoms with Gasteiger partial charge in [-0.15, -0.1) is 0 Å². The molecule has 5 aromatic rings. The number of hydrogen-bond acceptors (Lipinski definition) is 5. The fourth-order valence-corrected chi connectivity index (χ4v) is 3.87. The monoisotopic (exact) mass is 456 g/mol. The number of carbonyl (C=O) groups is 1. The van der Waals surface area contributed by atoms with Crippen LogP contribution in [0.4, 0.5) is 0 Å². The molecule has 35 heavy (non-hydrogen) atoms. The molecule has 5 rings (SSSR count). The zero-order chi connectivity index (χ0) is 24.2. The van der Waals surface area contributed by atoms with Gasteiger partial charge in [-0.2, -0.15) is 5.26 Å². The third-order valence-electron chi connectivity index (χ3n) is 5.73. The van der Waals surface area contributed by atoms with Crippen LogP contribution >= 0.6 is 0 Å². The molecule has 0 N–H and O–H groups in total. The molecule has 0 radical (unpaired) electrons. The van der Waals surface area contributed by atoms with Crippen molar-refractivity contribution in [1.29, 1.82) is 5.26 Å². The van der Waals surface area contributed by atoms with E-state index in [-0.39, 0.29) is 0 Å². The Morgan fingerprint density at radius 1 is 0.771 bits per heavy atom. The number of esters is 1. The lowest BCUT2D eigenvalue weighted by atomic mass is 10.0. The molecule has 0 atom stereocenters. The van der Waals surface area contributed by atoms with Crippen molar-refractivity contribution in [2.75, 3.05) is 7.11 Å². The molecule has 0 aliphatic heterocycles. The van der Waals surface area contributed by atoms with E-state index in [1.165, 1.54) is 0 Å². The first-order valence-corrected chi connectivity index (χ1v) is 11.0. The Balaban J connectivity index is 1.44. The minimum atomic E-state index is -0.454. The predicted molar refractivity (Wildman–Crippen MR) is 135 cm³/mol. The SMILES string of the molecule is COc1ccc(-c2cc(C(=O)Oc3ccc(-c4ccc(C#N)cc4)cc3)c3ccccc3n2)cc1. The van der Waals surface area contributed by atoms with Crippen LogP contribution in [0.15, 0.2) is 103 Å². The highest BCUT2D eigenvalue weighted by Crippen LogP contribution is 2.28. The first-order valence-electron chi connectivity index (χ1n) is 11.0. The Hall–Kier alpha value is -4.95. The average Bonchev–Trinajstić information content (AvgIpc) is 2.93. The lowest BCUT2D eigenvalue weighted by molar-refractivity contribution is 0.0737. The second kappa shape index (κ2) is 9.50. The molecule has 5 nitrogen and oxygen atoms in total. The number of para-hydroxylation sites is 1. The lowest BCUT2D eigenvalue weighted by Crippen LogP contribution is -2.10. The van der Waals surface area contributed by atoms with E-state index in [2.05, 4.69) is 6.07 Å². The summed E-state index contributed by atoms with van der Waals surface area (Å²) in [5.41, 5.74) is 5.25. The van der Waals surface area contributed by atoms with Gasteiger partial charge in [-0.3, -0.25) is 0 Å². The minimum absolute atomic E-state index is 0.442. The molecule has 1 heterocycles. The molecule has 0 aliphatic rings. The number of methoxy groups -OCH3 is 1. The smallest absolute Gasteiger partial charge is 0.344 e. The van der Waals surface area contributed by atoms with Crippen molar-refractivity contribution < 1.29 is 14.3 Å². The highest BCUT2D eigenvalue weighted by atomic mass is 16.5. The molecule has 0 saturated heterocycles. The second-order valence-electron chi connectivity index (χ2n) is 7.90. The zero-order valence-corrected chi connectivity index (χ0v) is 18.9. The van der Waals surface area contributed by atoms with E-state index in [1.54, 1.807) is 37.4 Å². The van der Waals surface area contributed by atoms with Crippen LogP contribution in [-0.2, 0) is 0 Å². The van der Waals surface area contributed by atoms with Crippen molar-refractivity contribution in [3.63, 3.8) is 0 Å². The van der Waals surface area contributed by atoms with Crippen molar-refractivity contribution in [3.05, 3.63) is 114 Å². The van der Waals surface area contributed by atoms with Crippen molar-refractivity contribution in [2.45, 2.75) is 0 Å². The van der Waals surface area contributed by atoms with E-state index in [9.17, 15) is 4.79 Å². The second-order valence-corrected chi connectivity index (χ2v) is 7.90. The third kappa shape index (κ3) is 4.59. The van der Waals surface area contributed by atoms with Gasteiger partial charge in [0.15, 0.2) is 0 Å². The van der Waals surface area contributed by atoms with E-state index in [1.807, 2.05) is 72.8 Å². The number of nitrogens with zero attached hydrogens (tertiary/aromatic N) is 2. The topological polar surface area (TPSA) is 72.2 Å². The maximum atomic E-state index is 13.2. The first-order chi connectivity index (χ1) is 17.1. The van der Waals surface area contributed by atoms with Crippen LogP contribution in [0.1, 0.15) is 15.9 Å². The summed E-state index contributed by atoms with van der Waals surface area (Å²) in [5, 5.41) is 9.70. The predicted octanol–water partition coefficient (Wildman–Crippen LogP) is 6.67. The number of nitriles is 1. The summed E-state index contributed by atoms with van der Waals surface area (Å²) < 4.78 is 11.0. The summed E-state index contributed by atoms with van der Waals surface area (Å²) >= 11 is 0. The van der Waals surface area contributed by atoms with Gasteiger partial charge < -0.3 is 9.47 Å². The number of benzene rings is 4. The molecule has 1 aromatic heterocycles. The number of hydrogen-bond donors (Lipinski definition) is 0. The van der Waals surface area contributed by atoms with E-state index in [0.29, 0.717) is 28.1 Å². The molecule has 5 heteroatoms. The van der Waals surface area contributed by atoms with Crippen LogP contribution in [0.3, 0.4) is 0 Å². The molecule has 0 saturated carbocycles. The van der Waals surface area contributed by atoms with E-state index in [0.717, 1.165) is 27.8 Å². The fraction of sp³-hybridized carbons (Fsp3) is 0.0333. The van der Waals surface area contributed by atoms with E-state index in [4.69, 9.17) is 19.7 Å². The minimum Gasteiger partial charge on any atom is -0.497 e. The summed E-state index contributed by atoms with van der Waals surface area (Å²) in [6, 6.07) is 33.6. The zero-order valence-electron chi connectivity index (χ0n) is 18.9. The summed E-state index contributed by atoms with van der Waals surface area (Å²) in [5.74, 6) is 0.738. The quantitative estimate of drug-likeness (QED) is 0.218. The number of aromatic nitrogens is 1. The van der Waals surface area contributed by atoms with Crippen LogP contribution in [0.25, 0.3) is 33.3 Å². The van der Waals surface area contributed by atoms with Crippen LogP contribution < -0.4 is 9.47 Å². The Morgan fingerprint density at radius 2 is 1.37 bits per heavy atom. The van der Waals surface area contributed by atoms with E-state index < -0.39 is 5.97 Å². The number of ether oxygens (including phenoxy) is 2. The Morgan fingerprint density at radius 3 is 2.03 bits per heavy atom. The van der Waals surface area contributed by atoms with Gasteiger partial charge in [0.05, 0.1) is 35.5 Å². The van der Waals surface area contributed by atoms with E-state index >= 15 is 0 Å². The molecule has 0 bridgehead atoms. The standard InChI is InChI=1S/C30H20N2O3/c1-34-24-14-12-23(13-15-24)29-18-27(26-4-2-3-5-28(26)32-29)30(33)35-25-16-10-22(11-17-25)21-8-6-20(19-31)7-9-21/h2-18H,1H3. The highest BCUT2D eigenvalue weighted by molar-refractivity contribution is 6.05. The summed E-state index contributed by atoms with van der Waals surface area (Å²) in [4.78, 5) is 18.0. The maximum Gasteiger partial charge on any atom is 0.344 e. The first kappa shape index (κ1) is 21.9. The molecular weight excluding hydrogens is 436 g/mol. The fourth-order valence-electron chi connectivity index (χ4n) is 3.87. The Kier molecular flexibility index (Phi) is 5.94. The molecule has 0 fully saturated rings. The molecule has 0 amide bonds. The van der Waals surface area contributed by atoms with Crippen molar-refractivity contribution in [3.8, 4) is 40.0 Å². The van der Waals surface area contributed by atoms with Gasteiger partial charge in [-0.05, 0) is 71.8 Å². The third-order valence-corrected chi connectivity index (χ3v) is 5.73. The maximum absolute atomic E-state index is 13.2. The van der Waals surface area contributed by atoms with Crippen LogP contribution in [-0.4, -0.2) is 18.1 Å². The summed E-state index contributed by atoms with van der Waals surface area (Å²) in [6.45, 7) is 0. The summed E-state index contributed by atoms with van der Waals surface area (Å²) in [7, 11) is 1.62. The lowest BCUT2D eigenvalue weighted by Gasteiger charge is -2.11. The number of pyridine rings is 1. The van der Waals surface area contributed by atoms with Gasteiger partial charge in [-0.1, -0.05) is 42.5 Å². The molecule has 168 valence electrons.